The molecule has 3 nitrogen and oxygen atoms in total. The van der Waals surface area contributed by atoms with E-state index in [1.54, 1.807) is 17.0 Å². The molecule has 1 N–H and O–H groups in total. The second-order valence-corrected chi connectivity index (χ2v) is 4.70. The van der Waals surface area contributed by atoms with E-state index in [2.05, 4.69) is 5.32 Å². The number of nitrogens with one attached hydrogen (secondary N) is 1. The first-order chi connectivity index (χ1) is 8.63. The molecule has 98 valence electrons. The summed E-state index contributed by atoms with van der Waals surface area (Å²) >= 11 is 0. The third kappa shape index (κ3) is 2.53. The summed E-state index contributed by atoms with van der Waals surface area (Å²) in [6.07, 6.45) is 0.853. The van der Waals surface area contributed by atoms with Crippen molar-refractivity contribution in [2.45, 2.75) is 26.3 Å². The topological polar surface area (TPSA) is 32.3 Å². The molecule has 0 aromatic heterocycles. The lowest BCUT2D eigenvalue weighted by Crippen LogP contribution is -2.40. The van der Waals surface area contributed by atoms with E-state index in [1.165, 1.54) is 12.1 Å². The standard InChI is InChI=1S/C14H19FN2O/c1-3-17(12-6-4-5-11(15)9-12)14(18)13-7-8-16-10(13)2/h4-6,9-10,13,16H,3,7-8H2,1-2H3. The number of carbonyl (C=O) groups excluding carboxylic acids is 1. The highest BCUT2D eigenvalue weighted by atomic mass is 19.1. The number of hydrogen-bond donors (Lipinski definition) is 1. The molecule has 2 atom stereocenters. The van der Waals surface area contributed by atoms with E-state index in [9.17, 15) is 9.18 Å². The number of halogens is 1. The number of hydrogen-bond acceptors (Lipinski definition) is 2. The van der Waals surface area contributed by atoms with Crippen molar-refractivity contribution in [1.82, 2.24) is 5.32 Å². The molecule has 0 bridgehead atoms. The van der Waals surface area contributed by atoms with Gasteiger partial charge >= 0.3 is 0 Å². The lowest BCUT2D eigenvalue weighted by molar-refractivity contribution is -0.122. The molecule has 1 heterocycles. The Morgan fingerprint density at radius 1 is 1.56 bits per heavy atom. The molecule has 1 amide bonds. The number of amides is 1. The van der Waals surface area contributed by atoms with Gasteiger partial charge in [-0.25, -0.2) is 4.39 Å². The van der Waals surface area contributed by atoms with E-state index in [0.717, 1.165) is 13.0 Å². The zero-order chi connectivity index (χ0) is 13.1. The first kappa shape index (κ1) is 13.0. The zero-order valence-electron chi connectivity index (χ0n) is 10.8. The van der Waals surface area contributed by atoms with Crippen molar-refractivity contribution in [3.05, 3.63) is 30.1 Å². The molecule has 1 saturated heterocycles. The average molecular weight is 250 g/mol. The van der Waals surface area contributed by atoms with Crippen LogP contribution in [0.4, 0.5) is 10.1 Å². The van der Waals surface area contributed by atoms with Crippen molar-refractivity contribution in [1.29, 1.82) is 0 Å². The fraction of sp³-hybridized carbons (Fsp3) is 0.500. The van der Waals surface area contributed by atoms with Crippen LogP contribution in [-0.4, -0.2) is 25.0 Å². The summed E-state index contributed by atoms with van der Waals surface area (Å²) < 4.78 is 13.2. The maximum absolute atomic E-state index is 13.2. The molecule has 1 aliphatic rings. The van der Waals surface area contributed by atoms with Crippen LogP contribution in [0.1, 0.15) is 20.3 Å². The van der Waals surface area contributed by atoms with Crippen molar-refractivity contribution in [2.75, 3.05) is 18.0 Å². The number of carbonyl (C=O) groups is 1. The number of anilines is 1. The molecule has 1 fully saturated rings. The van der Waals surface area contributed by atoms with Gasteiger partial charge in [0.1, 0.15) is 5.82 Å². The Hall–Kier alpha value is -1.42. The average Bonchev–Trinajstić information content (AvgIpc) is 2.76. The molecule has 1 aromatic rings. The SMILES string of the molecule is CCN(C(=O)C1CCNC1C)c1cccc(F)c1. The predicted octanol–water partition coefficient (Wildman–Crippen LogP) is 2.18. The van der Waals surface area contributed by atoms with Gasteiger partial charge in [-0.3, -0.25) is 4.79 Å². The van der Waals surface area contributed by atoms with Gasteiger partial charge in [-0.2, -0.15) is 0 Å². The molecule has 1 aromatic carbocycles. The molecule has 2 unspecified atom stereocenters. The molecule has 18 heavy (non-hydrogen) atoms. The minimum absolute atomic E-state index is 0.00628. The first-order valence-electron chi connectivity index (χ1n) is 6.43. The minimum atomic E-state index is -0.309. The van der Waals surface area contributed by atoms with Gasteiger partial charge in [-0.05, 0) is 45.0 Å². The van der Waals surface area contributed by atoms with E-state index >= 15 is 0 Å². The Balaban J connectivity index is 2.20. The van der Waals surface area contributed by atoms with Crippen LogP contribution in [0, 0.1) is 11.7 Å². The third-order valence-electron chi connectivity index (χ3n) is 3.54. The molecule has 1 aliphatic heterocycles. The van der Waals surface area contributed by atoms with E-state index in [4.69, 9.17) is 0 Å². The highest BCUT2D eigenvalue weighted by Gasteiger charge is 2.32. The maximum atomic E-state index is 13.2. The fourth-order valence-electron chi connectivity index (χ4n) is 2.51. The fourth-order valence-corrected chi connectivity index (χ4v) is 2.51. The van der Waals surface area contributed by atoms with Crippen molar-refractivity contribution < 1.29 is 9.18 Å². The highest BCUT2D eigenvalue weighted by Crippen LogP contribution is 2.23. The van der Waals surface area contributed by atoms with Crippen LogP contribution in [0.15, 0.2) is 24.3 Å². The number of benzene rings is 1. The smallest absolute Gasteiger partial charge is 0.231 e. The summed E-state index contributed by atoms with van der Waals surface area (Å²) in [6, 6.07) is 6.41. The quantitative estimate of drug-likeness (QED) is 0.891. The second kappa shape index (κ2) is 5.48. The summed E-state index contributed by atoms with van der Waals surface area (Å²) in [6.45, 7) is 5.37. The number of nitrogens with zero attached hydrogens (tertiary/aromatic N) is 1. The van der Waals surface area contributed by atoms with Crippen LogP contribution in [-0.2, 0) is 4.79 Å². The maximum Gasteiger partial charge on any atom is 0.231 e. The van der Waals surface area contributed by atoms with Gasteiger partial charge in [-0.15, -0.1) is 0 Å². The lowest BCUT2D eigenvalue weighted by atomic mass is 10.00. The van der Waals surface area contributed by atoms with Gasteiger partial charge in [0.25, 0.3) is 0 Å². The molecule has 0 spiro atoms. The summed E-state index contributed by atoms with van der Waals surface area (Å²) in [5.74, 6) is -0.231. The molecule has 0 radical (unpaired) electrons. The van der Waals surface area contributed by atoms with Crippen molar-refractivity contribution in [3.8, 4) is 0 Å². The Morgan fingerprint density at radius 2 is 2.33 bits per heavy atom. The van der Waals surface area contributed by atoms with E-state index in [0.29, 0.717) is 12.2 Å². The van der Waals surface area contributed by atoms with Crippen LogP contribution in [0.2, 0.25) is 0 Å². The third-order valence-corrected chi connectivity index (χ3v) is 3.54. The summed E-state index contributed by atoms with van der Waals surface area (Å²) in [5, 5.41) is 3.27. The van der Waals surface area contributed by atoms with Crippen LogP contribution < -0.4 is 10.2 Å². The van der Waals surface area contributed by atoms with E-state index < -0.39 is 0 Å². The largest absolute Gasteiger partial charge is 0.313 e. The Kier molecular flexibility index (Phi) is 3.97. The highest BCUT2D eigenvalue weighted by molar-refractivity contribution is 5.95. The van der Waals surface area contributed by atoms with Crippen molar-refractivity contribution >= 4 is 11.6 Å². The van der Waals surface area contributed by atoms with E-state index in [-0.39, 0.29) is 23.7 Å². The number of rotatable bonds is 3. The molecular weight excluding hydrogens is 231 g/mol. The van der Waals surface area contributed by atoms with E-state index in [1.807, 2.05) is 13.8 Å². The van der Waals surface area contributed by atoms with Crippen LogP contribution >= 0.6 is 0 Å². The molecule has 2 rings (SSSR count). The monoisotopic (exact) mass is 250 g/mol. The van der Waals surface area contributed by atoms with Gasteiger partial charge in [0.05, 0.1) is 5.92 Å². The van der Waals surface area contributed by atoms with Crippen LogP contribution in [0.25, 0.3) is 0 Å². The minimum Gasteiger partial charge on any atom is -0.313 e. The second-order valence-electron chi connectivity index (χ2n) is 4.70. The van der Waals surface area contributed by atoms with Crippen LogP contribution in [0.3, 0.4) is 0 Å². The molecule has 0 saturated carbocycles. The molecule has 4 heteroatoms. The van der Waals surface area contributed by atoms with Gasteiger partial charge in [0.15, 0.2) is 0 Å². The van der Waals surface area contributed by atoms with Gasteiger partial charge in [0, 0.05) is 18.3 Å². The summed E-state index contributed by atoms with van der Waals surface area (Å²) in [5.41, 5.74) is 0.640. The van der Waals surface area contributed by atoms with Gasteiger partial charge < -0.3 is 10.2 Å². The Morgan fingerprint density at radius 3 is 2.89 bits per heavy atom. The molecule has 0 aliphatic carbocycles. The predicted molar refractivity (Wildman–Crippen MR) is 70.0 cm³/mol. The lowest BCUT2D eigenvalue weighted by Gasteiger charge is -2.26. The summed E-state index contributed by atoms with van der Waals surface area (Å²) in [4.78, 5) is 14.1. The Labute approximate surface area is 107 Å². The van der Waals surface area contributed by atoms with Crippen molar-refractivity contribution in [2.24, 2.45) is 5.92 Å². The van der Waals surface area contributed by atoms with Gasteiger partial charge in [-0.1, -0.05) is 6.07 Å². The normalized spacial score (nSPS) is 23.1. The first-order valence-corrected chi connectivity index (χ1v) is 6.43. The zero-order valence-corrected chi connectivity index (χ0v) is 10.8. The Bertz CT molecular complexity index is 436. The summed E-state index contributed by atoms with van der Waals surface area (Å²) in [7, 11) is 0. The molecular formula is C14H19FN2O. The van der Waals surface area contributed by atoms with Gasteiger partial charge in [0.2, 0.25) is 5.91 Å². The van der Waals surface area contributed by atoms with Crippen molar-refractivity contribution in [3.63, 3.8) is 0 Å². The van der Waals surface area contributed by atoms with Crippen LogP contribution in [0.5, 0.6) is 0 Å².